The highest BCUT2D eigenvalue weighted by atomic mass is 32.2. The molecule has 38 heavy (non-hydrogen) atoms. The predicted octanol–water partition coefficient (Wildman–Crippen LogP) is 3.83. The van der Waals surface area contributed by atoms with Gasteiger partial charge in [0.25, 0.3) is 15.9 Å². The highest BCUT2D eigenvalue weighted by Crippen LogP contribution is 2.37. The van der Waals surface area contributed by atoms with Gasteiger partial charge in [-0.2, -0.15) is 4.31 Å². The van der Waals surface area contributed by atoms with Gasteiger partial charge in [-0.1, -0.05) is 30.3 Å². The molecule has 4 rings (SSSR count). The van der Waals surface area contributed by atoms with Crippen molar-refractivity contribution < 1.29 is 32.4 Å². The Hall–Kier alpha value is -3.81. The molecule has 0 spiro atoms. The number of nitro benzene ring substituents is 1. The third-order valence-electron chi connectivity index (χ3n) is 6.14. The summed E-state index contributed by atoms with van der Waals surface area (Å²) in [6.07, 6.45) is 0.228. The molecule has 200 valence electrons. The number of aryl methyl sites for hydroxylation is 1. The minimum absolute atomic E-state index is 0.0316. The third kappa shape index (κ3) is 5.69. The number of esters is 1. The van der Waals surface area contributed by atoms with Gasteiger partial charge in [0, 0.05) is 24.4 Å². The fourth-order valence-corrected chi connectivity index (χ4v) is 7.04. The summed E-state index contributed by atoms with van der Waals surface area (Å²) in [6, 6.07) is 12.3. The van der Waals surface area contributed by atoms with Crippen LogP contribution in [0.1, 0.15) is 29.2 Å². The molecule has 0 fully saturated rings. The number of hydrogen-bond donors (Lipinski definition) is 1. The number of fused-ring (bicyclic) bond motifs is 1. The number of carbonyl (C=O) groups excluding carboxylic acids is 2. The molecule has 0 saturated carbocycles. The maximum Gasteiger partial charge on any atom is 0.311 e. The molecule has 2 aromatic carbocycles. The normalized spacial score (nSPS) is 15.4. The summed E-state index contributed by atoms with van der Waals surface area (Å²) >= 11 is 1.10. The molecule has 2 heterocycles. The number of rotatable bonds is 9. The minimum atomic E-state index is -3.84. The van der Waals surface area contributed by atoms with Gasteiger partial charge in [-0.15, -0.1) is 11.3 Å². The number of sulfonamides is 1. The second-order valence-electron chi connectivity index (χ2n) is 8.52. The Labute approximate surface area is 223 Å². The molecule has 1 atom stereocenters. The van der Waals surface area contributed by atoms with E-state index in [0.29, 0.717) is 17.5 Å². The zero-order valence-electron chi connectivity index (χ0n) is 20.6. The first-order valence-corrected chi connectivity index (χ1v) is 13.9. The van der Waals surface area contributed by atoms with Crippen LogP contribution in [0.3, 0.4) is 0 Å². The monoisotopic (exact) mass is 559 g/mol. The number of nitrogens with zero attached hydrogens (tertiary/aromatic N) is 2. The molecule has 0 bridgehead atoms. The molecular weight excluding hydrogens is 534 g/mol. The molecule has 13 heteroatoms. The Morgan fingerprint density at radius 2 is 1.97 bits per heavy atom. The number of carbonyl (C=O) groups is 2. The van der Waals surface area contributed by atoms with Crippen LogP contribution in [0.4, 0.5) is 11.4 Å². The summed E-state index contributed by atoms with van der Waals surface area (Å²) in [5.41, 5.74) is 2.11. The second kappa shape index (κ2) is 11.3. The van der Waals surface area contributed by atoms with Gasteiger partial charge in [-0.05, 0) is 41.5 Å². The Kier molecular flexibility index (Phi) is 8.09. The Morgan fingerprint density at radius 1 is 1.21 bits per heavy atom. The van der Waals surface area contributed by atoms with Gasteiger partial charge < -0.3 is 14.8 Å². The highest BCUT2D eigenvalue weighted by molar-refractivity contribution is 7.91. The van der Waals surface area contributed by atoms with E-state index in [1.165, 1.54) is 29.6 Å². The van der Waals surface area contributed by atoms with Crippen molar-refractivity contribution in [2.75, 3.05) is 25.6 Å². The lowest BCUT2D eigenvalue weighted by Crippen LogP contribution is -2.41. The van der Waals surface area contributed by atoms with Gasteiger partial charge in [-0.3, -0.25) is 19.7 Å². The average molecular weight is 560 g/mol. The number of thiophene rings is 1. The van der Waals surface area contributed by atoms with Gasteiger partial charge in [0.15, 0.2) is 12.4 Å². The van der Waals surface area contributed by atoms with Crippen LogP contribution in [-0.2, 0) is 30.8 Å². The van der Waals surface area contributed by atoms with E-state index < -0.39 is 39.5 Å². The summed E-state index contributed by atoms with van der Waals surface area (Å²) in [4.78, 5) is 35.9. The van der Waals surface area contributed by atoms with E-state index in [1.54, 1.807) is 30.5 Å². The molecule has 1 N–H and O–H groups in total. The van der Waals surface area contributed by atoms with Crippen LogP contribution >= 0.6 is 11.3 Å². The van der Waals surface area contributed by atoms with Crippen molar-refractivity contribution in [2.24, 2.45) is 0 Å². The van der Waals surface area contributed by atoms with Crippen LogP contribution in [0.2, 0.25) is 0 Å². The lowest BCUT2D eigenvalue weighted by Gasteiger charge is -2.35. The summed E-state index contributed by atoms with van der Waals surface area (Å²) in [6.45, 7) is 1.16. The first-order chi connectivity index (χ1) is 18.1. The fourth-order valence-electron chi connectivity index (χ4n) is 4.32. The van der Waals surface area contributed by atoms with Crippen molar-refractivity contribution in [2.45, 2.75) is 30.0 Å². The number of methoxy groups -OCH3 is 1. The van der Waals surface area contributed by atoms with Gasteiger partial charge in [0.1, 0.15) is 4.21 Å². The van der Waals surface area contributed by atoms with Crippen LogP contribution in [0.5, 0.6) is 5.75 Å². The van der Waals surface area contributed by atoms with Crippen molar-refractivity contribution in [1.82, 2.24) is 4.31 Å². The first-order valence-electron chi connectivity index (χ1n) is 11.5. The number of ether oxygens (including phenoxy) is 2. The zero-order chi connectivity index (χ0) is 27.4. The van der Waals surface area contributed by atoms with Crippen LogP contribution in [0.25, 0.3) is 0 Å². The SMILES string of the molecule is COc1cc(NC(=O)COC(=O)CC2c3ccccc3CCN2S(=O)(=O)c2cccs2)c(C)cc1[N+](=O)[O-]. The number of benzene rings is 2. The third-order valence-corrected chi connectivity index (χ3v) is 9.42. The van der Waals surface area contributed by atoms with Crippen LogP contribution in [0.15, 0.2) is 58.1 Å². The summed E-state index contributed by atoms with van der Waals surface area (Å²) in [5.74, 6) is -1.44. The quantitative estimate of drug-likeness (QED) is 0.237. The second-order valence-corrected chi connectivity index (χ2v) is 11.6. The minimum Gasteiger partial charge on any atom is -0.490 e. The maximum absolute atomic E-state index is 13.3. The summed E-state index contributed by atoms with van der Waals surface area (Å²) < 4.78 is 38.4. The molecule has 11 nitrogen and oxygen atoms in total. The van der Waals surface area contributed by atoms with Crippen molar-refractivity contribution in [3.8, 4) is 5.75 Å². The lowest BCUT2D eigenvalue weighted by molar-refractivity contribution is -0.385. The molecule has 1 unspecified atom stereocenters. The molecule has 1 aliphatic heterocycles. The zero-order valence-corrected chi connectivity index (χ0v) is 22.2. The smallest absolute Gasteiger partial charge is 0.311 e. The maximum atomic E-state index is 13.3. The van der Waals surface area contributed by atoms with Gasteiger partial charge in [-0.25, -0.2) is 8.42 Å². The number of hydrogen-bond acceptors (Lipinski definition) is 9. The summed E-state index contributed by atoms with van der Waals surface area (Å²) in [5, 5.41) is 15.4. The van der Waals surface area contributed by atoms with E-state index in [-0.39, 0.29) is 34.3 Å². The van der Waals surface area contributed by atoms with Crippen LogP contribution in [-0.4, -0.2) is 49.8 Å². The Bertz CT molecular complexity index is 1470. The number of anilines is 1. The van der Waals surface area contributed by atoms with E-state index in [1.807, 2.05) is 12.1 Å². The largest absolute Gasteiger partial charge is 0.490 e. The number of nitro groups is 1. The van der Waals surface area contributed by atoms with Gasteiger partial charge >= 0.3 is 11.7 Å². The molecule has 1 amide bonds. The molecule has 0 radical (unpaired) electrons. The highest BCUT2D eigenvalue weighted by Gasteiger charge is 2.38. The predicted molar refractivity (Wildman–Crippen MR) is 140 cm³/mol. The molecule has 1 aromatic heterocycles. The van der Waals surface area contributed by atoms with Gasteiger partial charge in [0.05, 0.1) is 24.5 Å². The standard InChI is InChI=1S/C25H25N3O8S2/c1-16-12-21(28(31)32)22(35-2)13-19(16)26-23(29)15-36-24(30)14-20-18-7-4-3-6-17(18)9-10-27(20)38(33,34)25-8-5-11-37-25/h3-8,11-13,20H,9-10,14-15H2,1-2H3,(H,26,29). The van der Waals surface area contributed by atoms with Crippen molar-refractivity contribution in [1.29, 1.82) is 0 Å². The Morgan fingerprint density at radius 3 is 2.66 bits per heavy atom. The van der Waals surface area contributed by atoms with Crippen molar-refractivity contribution in [3.63, 3.8) is 0 Å². The van der Waals surface area contributed by atoms with E-state index in [2.05, 4.69) is 5.32 Å². The van der Waals surface area contributed by atoms with E-state index in [4.69, 9.17) is 9.47 Å². The topological polar surface area (TPSA) is 145 Å². The van der Waals surface area contributed by atoms with Crippen molar-refractivity contribution in [3.05, 3.63) is 80.7 Å². The fraction of sp³-hybridized carbons (Fsp3) is 0.280. The molecule has 3 aromatic rings. The first kappa shape index (κ1) is 27.2. The van der Waals surface area contributed by atoms with Crippen molar-refractivity contribution >= 4 is 44.6 Å². The lowest BCUT2D eigenvalue weighted by atomic mass is 9.92. The van der Waals surface area contributed by atoms with E-state index in [9.17, 15) is 28.1 Å². The van der Waals surface area contributed by atoms with Crippen LogP contribution < -0.4 is 10.1 Å². The molecule has 0 aliphatic carbocycles. The molecule has 1 aliphatic rings. The number of amides is 1. The van der Waals surface area contributed by atoms with Crippen LogP contribution in [0, 0.1) is 17.0 Å². The average Bonchev–Trinajstić information content (AvgIpc) is 3.44. The Balaban J connectivity index is 1.46. The number of nitrogens with one attached hydrogen (secondary N) is 1. The summed E-state index contributed by atoms with van der Waals surface area (Å²) in [7, 11) is -2.57. The molecule has 0 saturated heterocycles. The van der Waals surface area contributed by atoms with E-state index >= 15 is 0 Å². The van der Waals surface area contributed by atoms with Gasteiger partial charge in [0.2, 0.25) is 0 Å². The van der Waals surface area contributed by atoms with E-state index in [0.717, 1.165) is 16.9 Å². The molecular formula is C25H25N3O8S2.